The fraction of sp³-hybridized carbons (Fsp3) is 0.125. The van der Waals surface area contributed by atoms with Gasteiger partial charge < -0.3 is 15.5 Å². The fourth-order valence-corrected chi connectivity index (χ4v) is 3.52. The Bertz CT molecular complexity index is 1150. The summed E-state index contributed by atoms with van der Waals surface area (Å²) in [6, 6.07) is 23.9. The molecule has 0 fully saturated rings. The predicted octanol–water partition coefficient (Wildman–Crippen LogP) is 3.81. The molecule has 0 saturated carbocycles. The van der Waals surface area contributed by atoms with E-state index in [1.54, 1.807) is 47.4 Å². The van der Waals surface area contributed by atoms with Crippen molar-refractivity contribution in [2.75, 3.05) is 28.6 Å². The lowest BCUT2D eigenvalue weighted by Gasteiger charge is -2.18. The van der Waals surface area contributed by atoms with Gasteiger partial charge in [-0.25, -0.2) is 0 Å². The molecule has 0 radical (unpaired) electrons. The molecule has 1 heterocycles. The SMILES string of the molecule is N#Cc1cccc(NC(=O)CNc2cccc(C(=O)N3CCc4ccccc43)c2)c1. The zero-order valence-electron chi connectivity index (χ0n) is 16.3. The van der Waals surface area contributed by atoms with Crippen molar-refractivity contribution in [2.24, 2.45) is 0 Å². The van der Waals surface area contributed by atoms with Gasteiger partial charge in [0.05, 0.1) is 18.2 Å². The lowest BCUT2D eigenvalue weighted by Crippen LogP contribution is -2.29. The summed E-state index contributed by atoms with van der Waals surface area (Å²) in [6.07, 6.45) is 0.854. The zero-order valence-corrected chi connectivity index (χ0v) is 16.3. The van der Waals surface area contributed by atoms with Gasteiger partial charge in [-0.1, -0.05) is 30.3 Å². The van der Waals surface area contributed by atoms with Crippen molar-refractivity contribution in [3.63, 3.8) is 0 Å². The fourth-order valence-electron chi connectivity index (χ4n) is 3.52. The predicted molar refractivity (Wildman–Crippen MR) is 117 cm³/mol. The number of nitrogens with zero attached hydrogens (tertiary/aromatic N) is 2. The molecule has 0 saturated heterocycles. The maximum atomic E-state index is 13.0. The number of para-hydroxylation sites is 1. The lowest BCUT2D eigenvalue weighted by atomic mass is 10.1. The van der Waals surface area contributed by atoms with Crippen LogP contribution in [0.5, 0.6) is 0 Å². The van der Waals surface area contributed by atoms with Gasteiger partial charge in [0.2, 0.25) is 5.91 Å². The van der Waals surface area contributed by atoms with Crippen LogP contribution in [-0.2, 0) is 11.2 Å². The van der Waals surface area contributed by atoms with E-state index in [-0.39, 0.29) is 18.4 Å². The minimum absolute atomic E-state index is 0.0426. The highest BCUT2D eigenvalue weighted by Gasteiger charge is 2.25. The Kier molecular flexibility index (Phi) is 5.44. The van der Waals surface area contributed by atoms with Gasteiger partial charge in [0.15, 0.2) is 0 Å². The zero-order chi connectivity index (χ0) is 20.9. The van der Waals surface area contributed by atoms with E-state index in [0.717, 1.165) is 12.1 Å². The highest BCUT2D eigenvalue weighted by Crippen LogP contribution is 2.29. The molecular formula is C24H20N4O2. The van der Waals surface area contributed by atoms with Crippen LogP contribution in [0.1, 0.15) is 21.5 Å². The maximum Gasteiger partial charge on any atom is 0.258 e. The van der Waals surface area contributed by atoms with Crippen LogP contribution in [-0.4, -0.2) is 24.9 Å². The van der Waals surface area contributed by atoms with Gasteiger partial charge in [-0.15, -0.1) is 0 Å². The van der Waals surface area contributed by atoms with Gasteiger partial charge in [-0.3, -0.25) is 9.59 Å². The first-order chi connectivity index (χ1) is 14.6. The summed E-state index contributed by atoms with van der Waals surface area (Å²) in [6.45, 7) is 0.709. The molecule has 0 bridgehead atoms. The monoisotopic (exact) mass is 396 g/mol. The molecule has 4 rings (SSSR count). The largest absolute Gasteiger partial charge is 0.376 e. The maximum absolute atomic E-state index is 13.0. The van der Waals surface area contributed by atoms with Crippen LogP contribution in [0.3, 0.4) is 0 Å². The molecule has 2 N–H and O–H groups in total. The average molecular weight is 396 g/mol. The van der Waals surface area contributed by atoms with E-state index < -0.39 is 0 Å². The molecule has 0 spiro atoms. The van der Waals surface area contributed by atoms with Crippen molar-refractivity contribution >= 4 is 28.9 Å². The first-order valence-electron chi connectivity index (χ1n) is 9.68. The normalized spacial score (nSPS) is 12.0. The molecule has 30 heavy (non-hydrogen) atoms. The van der Waals surface area contributed by atoms with Crippen molar-refractivity contribution in [1.29, 1.82) is 5.26 Å². The van der Waals surface area contributed by atoms with Crippen LogP contribution < -0.4 is 15.5 Å². The third kappa shape index (κ3) is 4.15. The van der Waals surface area contributed by atoms with Crippen LogP contribution in [0.25, 0.3) is 0 Å². The molecule has 3 aromatic carbocycles. The number of benzene rings is 3. The van der Waals surface area contributed by atoms with Crippen molar-refractivity contribution in [1.82, 2.24) is 0 Å². The van der Waals surface area contributed by atoms with Crippen molar-refractivity contribution in [2.45, 2.75) is 6.42 Å². The number of rotatable bonds is 5. The Morgan fingerprint density at radius 1 is 0.967 bits per heavy atom. The molecule has 1 aliphatic rings. The molecule has 2 amide bonds. The molecule has 0 unspecified atom stereocenters. The van der Waals surface area contributed by atoms with Gasteiger partial charge in [0.25, 0.3) is 5.91 Å². The second-order valence-corrected chi connectivity index (χ2v) is 7.01. The molecule has 0 atom stereocenters. The van der Waals surface area contributed by atoms with Crippen LogP contribution in [0.15, 0.2) is 72.8 Å². The van der Waals surface area contributed by atoms with E-state index in [9.17, 15) is 9.59 Å². The molecule has 0 aromatic heterocycles. The van der Waals surface area contributed by atoms with E-state index in [2.05, 4.69) is 10.6 Å². The number of hydrogen-bond acceptors (Lipinski definition) is 4. The van der Waals surface area contributed by atoms with E-state index in [0.29, 0.717) is 29.0 Å². The quantitative estimate of drug-likeness (QED) is 0.687. The first kappa shape index (κ1) is 19.2. The topological polar surface area (TPSA) is 85.2 Å². The van der Waals surface area contributed by atoms with E-state index in [4.69, 9.17) is 5.26 Å². The molecule has 6 nitrogen and oxygen atoms in total. The number of carbonyl (C=O) groups excluding carboxylic acids is 2. The van der Waals surface area contributed by atoms with Crippen LogP contribution in [0.2, 0.25) is 0 Å². The van der Waals surface area contributed by atoms with Crippen LogP contribution in [0, 0.1) is 11.3 Å². The Hall–Kier alpha value is -4.11. The summed E-state index contributed by atoms with van der Waals surface area (Å²) in [5, 5.41) is 14.7. The number of amides is 2. The molecule has 6 heteroatoms. The number of nitriles is 1. The number of carbonyl (C=O) groups is 2. The highest BCUT2D eigenvalue weighted by molar-refractivity contribution is 6.07. The molecule has 3 aromatic rings. The Morgan fingerprint density at radius 3 is 2.63 bits per heavy atom. The highest BCUT2D eigenvalue weighted by atomic mass is 16.2. The van der Waals surface area contributed by atoms with Gasteiger partial charge in [0, 0.05) is 29.2 Å². The van der Waals surface area contributed by atoms with E-state index in [1.807, 2.05) is 36.4 Å². The van der Waals surface area contributed by atoms with E-state index in [1.165, 1.54) is 5.56 Å². The number of nitrogens with one attached hydrogen (secondary N) is 2. The smallest absolute Gasteiger partial charge is 0.258 e. The summed E-state index contributed by atoms with van der Waals surface area (Å²) in [4.78, 5) is 27.0. The second kappa shape index (κ2) is 8.50. The minimum Gasteiger partial charge on any atom is -0.376 e. The van der Waals surface area contributed by atoms with E-state index >= 15 is 0 Å². The number of hydrogen-bond donors (Lipinski definition) is 2. The molecule has 1 aliphatic heterocycles. The van der Waals surface area contributed by atoms with Crippen molar-refractivity contribution in [3.8, 4) is 6.07 Å². The summed E-state index contributed by atoms with van der Waals surface area (Å²) < 4.78 is 0. The Morgan fingerprint density at radius 2 is 1.77 bits per heavy atom. The number of fused-ring (bicyclic) bond motifs is 1. The Balaban J connectivity index is 1.39. The summed E-state index contributed by atoms with van der Waals surface area (Å²) in [5.74, 6) is -0.295. The van der Waals surface area contributed by atoms with Gasteiger partial charge in [-0.05, 0) is 54.4 Å². The molecule has 148 valence electrons. The summed E-state index contributed by atoms with van der Waals surface area (Å²) >= 11 is 0. The average Bonchev–Trinajstić information content (AvgIpc) is 3.22. The summed E-state index contributed by atoms with van der Waals surface area (Å²) in [7, 11) is 0. The van der Waals surface area contributed by atoms with Crippen LogP contribution >= 0.6 is 0 Å². The molecule has 0 aliphatic carbocycles. The molecular weight excluding hydrogens is 376 g/mol. The number of anilines is 3. The first-order valence-corrected chi connectivity index (χ1v) is 9.68. The Labute approximate surface area is 174 Å². The minimum atomic E-state index is -0.240. The lowest BCUT2D eigenvalue weighted by molar-refractivity contribution is -0.114. The standard InChI is InChI=1S/C24H20N4O2/c25-15-17-5-3-9-21(13-17)27-23(29)16-26-20-8-4-7-19(14-20)24(30)28-12-11-18-6-1-2-10-22(18)28/h1-10,13-14,26H,11-12,16H2,(H,27,29). The third-order valence-corrected chi connectivity index (χ3v) is 4.97. The third-order valence-electron chi connectivity index (χ3n) is 4.97. The van der Waals surface area contributed by atoms with Gasteiger partial charge in [-0.2, -0.15) is 5.26 Å². The van der Waals surface area contributed by atoms with Gasteiger partial charge >= 0.3 is 0 Å². The van der Waals surface area contributed by atoms with Crippen LogP contribution in [0.4, 0.5) is 17.1 Å². The second-order valence-electron chi connectivity index (χ2n) is 7.01. The van der Waals surface area contributed by atoms with Crippen molar-refractivity contribution < 1.29 is 9.59 Å². The van der Waals surface area contributed by atoms with Gasteiger partial charge in [0.1, 0.15) is 0 Å². The van der Waals surface area contributed by atoms with Crippen molar-refractivity contribution in [3.05, 3.63) is 89.5 Å². The summed E-state index contributed by atoms with van der Waals surface area (Å²) in [5.41, 5.74) is 4.44.